The summed E-state index contributed by atoms with van der Waals surface area (Å²) >= 11 is 0. The normalized spacial score (nSPS) is 12.1. The third-order valence-electron chi connectivity index (χ3n) is 13.6. The van der Waals surface area contributed by atoms with E-state index < -0.39 is 6.10 Å². The Bertz CT molecular complexity index is 1020. The summed E-state index contributed by atoms with van der Waals surface area (Å²) in [5.41, 5.74) is 0. The van der Waals surface area contributed by atoms with E-state index in [-0.39, 0.29) is 36.7 Å². The lowest BCUT2D eigenvalue weighted by molar-refractivity contribution is -0.151. The van der Waals surface area contributed by atoms with Gasteiger partial charge in [-0.05, 0) is 90.4 Å². The van der Waals surface area contributed by atoms with Gasteiger partial charge in [0.25, 0.3) is 5.91 Å². The highest BCUT2D eigenvalue weighted by Crippen LogP contribution is 2.20. The van der Waals surface area contributed by atoms with Crippen molar-refractivity contribution in [1.82, 2.24) is 4.90 Å². The molecule has 0 heterocycles. The maximum Gasteiger partial charge on any atom is 0.306 e. The van der Waals surface area contributed by atoms with Gasteiger partial charge in [0, 0.05) is 39.1 Å². The molecule has 0 aromatic rings. The van der Waals surface area contributed by atoms with Crippen LogP contribution in [-0.2, 0) is 33.3 Å². The molecule has 0 aliphatic heterocycles. The van der Waals surface area contributed by atoms with Crippen LogP contribution in [0.25, 0.3) is 0 Å². The Labute approximate surface area is 417 Å². The SMILES string of the molecule is CCCCCCCCC(CCCCCCCC)OC(=O)CCCCCOCC(OCCCCCC(=O)OC(CCCCCCCC)CCCCCCCC)C(=O)N(CC)CCCCCCCC. The second kappa shape index (κ2) is 52.2. The number of carbonyl (C=O) groups is 3. The number of esters is 2. The highest BCUT2D eigenvalue weighted by atomic mass is 16.5. The number of likely N-dealkylation sites (N-methyl/N-ethyl adjacent to an activating group) is 1. The van der Waals surface area contributed by atoms with Crippen LogP contribution in [0, 0.1) is 0 Å². The molecule has 0 aliphatic rings. The van der Waals surface area contributed by atoms with Crippen LogP contribution in [0.5, 0.6) is 0 Å². The average Bonchev–Trinajstić information content (AvgIpc) is 3.32. The second-order valence-corrected chi connectivity index (χ2v) is 20.2. The first kappa shape index (κ1) is 65.3. The molecule has 1 amide bonds. The van der Waals surface area contributed by atoms with Gasteiger partial charge in [-0.2, -0.15) is 0 Å². The minimum absolute atomic E-state index is 0.0145. The molecule has 1 atom stereocenters. The van der Waals surface area contributed by atoms with E-state index in [1.165, 1.54) is 154 Å². The van der Waals surface area contributed by atoms with Crippen LogP contribution in [0.1, 0.15) is 311 Å². The molecule has 8 heteroatoms. The summed E-state index contributed by atoms with van der Waals surface area (Å²) < 4.78 is 24.5. The lowest BCUT2D eigenvalue weighted by atomic mass is 10.0. The monoisotopic (exact) mass is 950 g/mol. The van der Waals surface area contributed by atoms with Gasteiger partial charge in [-0.15, -0.1) is 0 Å². The largest absolute Gasteiger partial charge is 0.462 e. The van der Waals surface area contributed by atoms with E-state index in [9.17, 15) is 14.4 Å². The van der Waals surface area contributed by atoms with E-state index in [1.807, 2.05) is 11.8 Å². The van der Waals surface area contributed by atoms with E-state index in [0.29, 0.717) is 32.6 Å². The topological polar surface area (TPSA) is 91.4 Å². The van der Waals surface area contributed by atoms with Gasteiger partial charge in [0.2, 0.25) is 0 Å². The van der Waals surface area contributed by atoms with Crippen molar-refractivity contribution < 1.29 is 33.3 Å². The Morgan fingerprint density at radius 3 is 1.07 bits per heavy atom. The van der Waals surface area contributed by atoms with E-state index in [1.54, 1.807) is 0 Å². The van der Waals surface area contributed by atoms with E-state index >= 15 is 0 Å². The zero-order valence-electron chi connectivity index (χ0n) is 45.8. The number of carbonyl (C=O) groups excluding carboxylic acids is 3. The van der Waals surface area contributed by atoms with Gasteiger partial charge in [0.15, 0.2) is 6.10 Å². The molecule has 8 nitrogen and oxygen atoms in total. The number of hydrogen-bond donors (Lipinski definition) is 0. The molecule has 0 saturated carbocycles. The van der Waals surface area contributed by atoms with Gasteiger partial charge >= 0.3 is 11.9 Å². The van der Waals surface area contributed by atoms with Crippen molar-refractivity contribution in [1.29, 1.82) is 0 Å². The maximum absolute atomic E-state index is 13.8. The number of ether oxygens (including phenoxy) is 4. The number of hydrogen-bond acceptors (Lipinski definition) is 7. The Hall–Kier alpha value is -1.67. The molecule has 0 saturated heterocycles. The summed E-state index contributed by atoms with van der Waals surface area (Å²) in [6.45, 7) is 15.9. The molecule has 398 valence electrons. The molecule has 0 aromatic heterocycles. The fraction of sp³-hybridized carbons (Fsp3) is 0.949. The van der Waals surface area contributed by atoms with Crippen LogP contribution < -0.4 is 0 Å². The van der Waals surface area contributed by atoms with E-state index in [2.05, 4.69) is 34.6 Å². The molecule has 0 aliphatic carbocycles. The predicted molar refractivity (Wildman–Crippen MR) is 285 cm³/mol. The number of rotatable bonds is 54. The lowest BCUT2D eigenvalue weighted by Gasteiger charge is -2.26. The minimum Gasteiger partial charge on any atom is -0.462 e. The third-order valence-corrected chi connectivity index (χ3v) is 13.6. The van der Waals surface area contributed by atoms with Crippen molar-refractivity contribution in [2.45, 2.75) is 330 Å². The second-order valence-electron chi connectivity index (χ2n) is 20.2. The molecule has 0 radical (unpaired) electrons. The van der Waals surface area contributed by atoms with Crippen molar-refractivity contribution >= 4 is 17.8 Å². The van der Waals surface area contributed by atoms with Crippen molar-refractivity contribution in [3.8, 4) is 0 Å². The Morgan fingerprint density at radius 1 is 0.373 bits per heavy atom. The minimum atomic E-state index is -0.639. The molecular weight excluding hydrogens is 835 g/mol. The van der Waals surface area contributed by atoms with Gasteiger partial charge in [0.05, 0.1) is 6.61 Å². The smallest absolute Gasteiger partial charge is 0.306 e. The quantitative estimate of drug-likeness (QED) is 0.0443. The summed E-state index contributed by atoms with van der Waals surface area (Å²) in [6, 6.07) is 0. The number of unbranched alkanes of at least 4 members (excludes halogenated alkanes) is 29. The van der Waals surface area contributed by atoms with Crippen LogP contribution in [0.3, 0.4) is 0 Å². The standard InChI is InChI=1S/C59H115NO7/c1-7-13-18-23-28-35-44-54(45-36-29-24-19-14-8-2)66-57(61)48-39-33-42-51-64-53-56(59(63)60(12-6)50-41-32-27-22-17-11-5)65-52-43-34-40-49-58(62)67-55(46-37-30-25-20-15-9-3)47-38-31-26-21-16-10-4/h54-56H,7-53H2,1-6H3. The van der Waals surface area contributed by atoms with Gasteiger partial charge < -0.3 is 23.8 Å². The molecular formula is C59H115NO7. The summed E-state index contributed by atoms with van der Waals surface area (Å²) in [7, 11) is 0. The van der Waals surface area contributed by atoms with Crippen molar-refractivity contribution in [2.75, 3.05) is 32.9 Å². The summed E-state index contributed by atoms with van der Waals surface area (Å²) in [6.07, 6.45) is 46.5. The van der Waals surface area contributed by atoms with Crippen LogP contribution >= 0.6 is 0 Å². The van der Waals surface area contributed by atoms with E-state index in [4.69, 9.17) is 18.9 Å². The van der Waals surface area contributed by atoms with E-state index in [0.717, 1.165) is 109 Å². The first-order valence-electron chi connectivity index (χ1n) is 29.7. The highest BCUT2D eigenvalue weighted by molar-refractivity contribution is 5.81. The first-order valence-corrected chi connectivity index (χ1v) is 29.7. The molecule has 0 rings (SSSR count). The lowest BCUT2D eigenvalue weighted by Crippen LogP contribution is -2.43. The molecule has 0 spiro atoms. The number of amides is 1. The Balaban J connectivity index is 4.97. The number of nitrogens with zero attached hydrogens (tertiary/aromatic N) is 1. The molecule has 67 heavy (non-hydrogen) atoms. The van der Waals surface area contributed by atoms with Crippen LogP contribution in [-0.4, -0.2) is 74.0 Å². The summed E-state index contributed by atoms with van der Waals surface area (Å²) in [5.74, 6) is -0.105. The maximum atomic E-state index is 13.8. The first-order chi connectivity index (χ1) is 32.9. The Kier molecular flexibility index (Phi) is 50.9. The van der Waals surface area contributed by atoms with Gasteiger partial charge in [-0.1, -0.05) is 208 Å². The fourth-order valence-electron chi connectivity index (χ4n) is 9.14. The predicted octanol–water partition coefficient (Wildman–Crippen LogP) is 17.5. The molecule has 0 aromatic carbocycles. The van der Waals surface area contributed by atoms with Crippen LogP contribution in [0.15, 0.2) is 0 Å². The molecule has 0 fully saturated rings. The van der Waals surface area contributed by atoms with Gasteiger partial charge in [-0.25, -0.2) is 0 Å². The zero-order chi connectivity index (χ0) is 49.1. The van der Waals surface area contributed by atoms with Gasteiger partial charge in [-0.3, -0.25) is 14.4 Å². The fourth-order valence-corrected chi connectivity index (χ4v) is 9.14. The van der Waals surface area contributed by atoms with Gasteiger partial charge in [0.1, 0.15) is 12.2 Å². The zero-order valence-corrected chi connectivity index (χ0v) is 45.8. The Morgan fingerprint density at radius 2 is 0.701 bits per heavy atom. The average molecular weight is 951 g/mol. The molecule has 0 bridgehead atoms. The summed E-state index contributed by atoms with van der Waals surface area (Å²) in [4.78, 5) is 41.7. The summed E-state index contributed by atoms with van der Waals surface area (Å²) in [5, 5.41) is 0. The van der Waals surface area contributed by atoms with Crippen LogP contribution in [0.2, 0.25) is 0 Å². The highest BCUT2D eigenvalue weighted by Gasteiger charge is 2.25. The van der Waals surface area contributed by atoms with Crippen LogP contribution in [0.4, 0.5) is 0 Å². The molecule has 0 N–H and O–H groups in total. The van der Waals surface area contributed by atoms with Crippen molar-refractivity contribution in [3.05, 3.63) is 0 Å². The molecule has 1 unspecified atom stereocenters. The van der Waals surface area contributed by atoms with Crippen molar-refractivity contribution in [3.63, 3.8) is 0 Å². The van der Waals surface area contributed by atoms with Crippen molar-refractivity contribution in [2.24, 2.45) is 0 Å². The third kappa shape index (κ3) is 44.0.